The Bertz CT molecular complexity index is 1230. The molecule has 7 atom stereocenters. The zero-order chi connectivity index (χ0) is 23.7. The molecule has 1 fully saturated rings. The van der Waals surface area contributed by atoms with Crippen LogP contribution >= 0.6 is 23.4 Å². The molecular formula is C26H24ClN2O4S-. The van der Waals surface area contributed by atoms with Crippen molar-refractivity contribution >= 4 is 40.7 Å². The first-order valence-corrected chi connectivity index (χ1v) is 13.0. The smallest absolute Gasteiger partial charge is 0.282 e. The van der Waals surface area contributed by atoms with E-state index in [-0.39, 0.29) is 33.1 Å². The van der Waals surface area contributed by atoms with Crippen molar-refractivity contribution in [3.8, 4) is 0 Å². The monoisotopic (exact) mass is 495 g/mol. The molecule has 34 heavy (non-hydrogen) atoms. The number of aliphatic carboxylic acids is 1. The van der Waals surface area contributed by atoms with Gasteiger partial charge in [0, 0.05) is 35.4 Å². The fraction of sp³-hybridized carbons (Fsp3) is 0.423. The Labute approximate surface area is 207 Å². The molecule has 2 heterocycles. The Hall–Kier alpha value is -2.51. The molecule has 0 unspecified atom stereocenters. The van der Waals surface area contributed by atoms with Crippen molar-refractivity contribution < 1.29 is 14.8 Å². The molecule has 0 bridgehead atoms. The quantitative estimate of drug-likeness (QED) is 0.270. The highest BCUT2D eigenvalue weighted by Gasteiger charge is 2.55. The lowest BCUT2D eigenvalue weighted by atomic mass is 9.71. The summed E-state index contributed by atoms with van der Waals surface area (Å²) in [5.74, 6) is -0.739. The molecule has 1 saturated carbocycles. The number of fused-ring (bicyclic) bond motifs is 4. The summed E-state index contributed by atoms with van der Waals surface area (Å²) in [5, 5.41) is 23.6. The zero-order valence-electron chi connectivity index (χ0n) is 18.6. The number of carbonyl (C=O) groups is 1. The van der Waals surface area contributed by atoms with Crippen molar-refractivity contribution in [2.45, 2.75) is 53.2 Å². The van der Waals surface area contributed by atoms with E-state index in [0.717, 1.165) is 23.2 Å². The number of hydrogen-bond acceptors (Lipinski definition) is 6. The van der Waals surface area contributed by atoms with E-state index >= 15 is 0 Å². The number of para-hydroxylation sites is 1. The molecule has 2 aliphatic heterocycles. The minimum absolute atomic E-state index is 0.0559. The minimum Gasteiger partial charge on any atom is -0.548 e. The van der Waals surface area contributed by atoms with Crippen LogP contribution in [0.1, 0.15) is 41.4 Å². The Balaban J connectivity index is 1.45. The summed E-state index contributed by atoms with van der Waals surface area (Å²) >= 11 is 8.52. The molecule has 0 saturated heterocycles. The van der Waals surface area contributed by atoms with Gasteiger partial charge in [0.1, 0.15) is 0 Å². The predicted octanol–water partition coefficient (Wildman–Crippen LogP) is 4.39. The molecule has 0 N–H and O–H groups in total. The molecule has 4 aliphatic rings. The zero-order valence-corrected chi connectivity index (χ0v) is 20.2. The normalized spacial score (nSPS) is 32.8. The Morgan fingerprint density at radius 3 is 2.76 bits per heavy atom. The lowest BCUT2D eigenvalue weighted by molar-refractivity contribution is -0.387. The van der Waals surface area contributed by atoms with Crippen LogP contribution in [0.3, 0.4) is 0 Å². The number of carbonyl (C=O) groups excluding carboxylic acids is 1. The summed E-state index contributed by atoms with van der Waals surface area (Å²) in [5.41, 5.74) is 4.56. The standard InChI is InChI=1S/C26H25ClN2O4S/c1-13-9-16-15-6-4-5-14(15)12-28-24(16)17(10-13)22-18(25(28)26(30)31)11-21(23(22)27)34-20-8-3-2-7-19(20)29(32)33/h2-4,6-10,14-15,18,21-23,25H,5,11-12H2,1H3,(H,30,31)/p-1/t14-,15+,18-,21+,22-,23+,25-/m1/s1. The number of halogens is 1. The van der Waals surface area contributed by atoms with Crippen molar-refractivity contribution in [3.63, 3.8) is 0 Å². The number of anilines is 1. The number of alkyl halides is 1. The first-order chi connectivity index (χ1) is 16.3. The van der Waals surface area contributed by atoms with Crippen molar-refractivity contribution in [2.24, 2.45) is 11.8 Å². The minimum atomic E-state index is -1.06. The van der Waals surface area contributed by atoms with Crippen LogP contribution < -0.4 is 10.0 Å². The van der Waals surface area contributed by atoms with E-state index in [9.17, 15) is 20.0 Å². The molecule has 6 nitrogen and oxygen atoms in total. The van der Waals surface area contributed by atoms with Crippen LogP contribution in [0.4, 0.5) is 11.4 Å². The third-order valence-corrected chi connectivity index (χ3v) is 10.1. The third-order valence-electron chi connectivity index (χ3n) is 8.03. The number of nitrogens with zero attached hydrogens (tertiary/aromatic N) is 2. The Morgan fingerprint density at radius 2 is 2.00 bits per heavy atom. The molecule has 2 aliphatic carbocycles. The van der Waals surface area contributed by atoms with E-state index in [1.165, 1.54) is 23.4 Å². The number of allylic oxidation sites excluding steroid dienone is 2. The lowest BCUT2D eigenvalue weighted by Crippen LogP contribution is -2.58. The highest BCUT2D eigenvalue weighted by atomic mass is 35.5. The largest absolute Gasteiger partial charge is 0.548 e. The van der Waals surface area contributed by atoms with Crippen molar-refractivity contribution in [2.75, 3.05) is 11.4 Å². The van der Waals surface area contributed by atoms with Gasteiger partial charge in [0.05, 0.1) is 27.2 Å². The number of nitro benzene ring substituents is 1. The molecule has 2 aromatic rings. The van der Waals surface area contributed by atoms with Crippen LogP contribution in [0.2, 0.25) is 0 Å². The Morgan fingerprint density at radius 1 is 1.24 bits per heavy atom. The second-order valence-corrected chi connectivity index (χ2v) is 11.7. The van der Waals surface area contributed by atoms with E-state index in [2.05, 4.69) is 36.1 Å². The van der Waals surface area contributed by atoms with Crippen LogP contribution in [0.5, 0.6) is 0 Å². The van der Waals surface area contributed by atoms with Crippen molar-refractivity contribution in [1.82, 2.24) is 0 Å². The van der Waals surface area contributed by atoms with Crippen LogP contribution in [0, 0.1) is 28.9 Å². The van der Waals surface area contributed by atoms with Crippen molar-refractivity contribution in [1.29, 1.82) is 0 Å². The van der Waals surface area contributed by atoms with E-state index in [1.54, 1.807) is 18.2 Å². The molecule has 0 amide bonds. The fourth-order valence-corrected chi connectivity index (χ4v) is 8.72. The number of carboxylic acids is 1. The highest BCUT2D eigenvalue weighted by molar-refractivity contribution is 8.00. The van der Waals surface area contributed by atoms with Gasteiger partial charge in [0.25, 0.3) is 5.69 Å². The maximum Gasteiger partial charge on any atom is 0.282 e. The van der Waals surface area contributed by atoms with Gasteiger partial charge in [0.2, 0.25) is 0 Å². The SMILES string of the molecule is Cc1cc2c3c(c1)[C@H]1C=CC[C@@H]1CN3[C@@H](C(=O)[O-])[C@@H]1C[C@H](Sc3ccccc3[N+](=O)[O-])[C@H](Cl)[C@H]21. The molecule has 6 rings (SSSR count). The molecule has 2 aromatic carbocycles. The van der Waals surface area contributed by atoms with E-state index in [4.69, 9.17) is 11.6 Å². The predicted molar refractivity (Wildman–Crippen MR) is 131 cm³/mol. The van der Waals surface area contributed by atoms with Crippen LogP contribution in [0.15, 0.2) is 53.4 Å². The molecular weight excluding hydrogens is 472 g/mol. The summed E-state index contributed by atoms with van der Waals surface area (Å²) in [6, 6.07) is 10.3. The number of benzene rings is 2. The van der Waals surface area contributed by atoms with Crippen molar-refractivity contribution in [3.05, 3.63) is 75.4 Å². The first kappa shape index (κ1) is 22.0. The topological polar surface area (TPSA) is 86.5 Å². The van der Waals surface area contributed by atoms with Crippen LogP contribution in [-0.4, -0.2) is 34.1 Å². The molecule has 0 spiro atoms. The number of rotatable bonds is 4. The van der Waals surface area contributed by atoms with Gasteiger partial charge in [-0.1, -0.05) is 42.0 Å². The maximum absolute atomic E-state index is 12.6. The number of thioether (sulfide) groups is 1. The maximum atomic E-state index is 12.6. The average molecular weight is 496 g/mol. The van der Waals surface area contributed by atoms with Crippen LogP contribution in [0.25, 0.3) is 0 Å². The van der Waals surface area contributed by atoms with Gasteiger partial charge >= 0.3 is 0 Å². The first-order valence-electron chi connectivity index (χ1n) is 11.7. The Kier molecular flexibility index (Phi) is 5.19. The second kappa shape index (κ2) is 8.02. The van der Waals surface area contributed by atoms with Gasteiger partial charge in [-0.3, -0.25) is 10.1 Å². The summed E-state index contributed by atoms with van der Waals surface area (Å²) in [4.78, 5) is 26.4. The van der Waals surface area contributed by atoms with E-state index in [0.29, 0.717) is 29.7 Å². The number of nitro groups is 1. The van der Waals surface area contributed by atoms with Gasteiger partial charge in [-0.15, -0.1) is 23.4 Å². The van der Waals surface area contributed by atoms with E-state index < -0.39 is 12.0 Å². The van der Waals surface area contributed by atoms with Crippen LogP contribution in [-0.2, 0) is 4.79 Å². The summed E-state index contributed by atoms with van der Waals surface area (Å²) in [7, 11) is 0. The second-order valence-electron chi connectivity index (χ2n) is 9.91. The van der Waals surface area contributed by atoms with Gasteiger partial charge in [0.15, 0.2) is 0 Å². The van der Waals surface area contributed by atoms with Gasteiger partial charge < -0.3 is 14.8 Å². The molecule has 0 radical (unpaired) electrons. The lowest BCUT2D eigenvalue weighted by Gasteiger charge is -2.51. The molecule has 8 heteroatoms. The average Bonchev–Trinajstić information content (AvgIpc) is 3.38. The van der Waals surface area contributed by atoms with Gasteiger partial charge in [-0.25, -0.2) is 0 Å². The highest BCUT2D eigenvalue weighted by Crippen LogP contribution is 2.60. The number of hydrogen-bond donors (Lipinski definition) is 0. The third kappa shape index (κ3) is 3.20. The van der Waals surface area contributed by atoms with Gasteiger partial charge in [-0.2, -0.15) is 0 Å². The summed E-state index contributed by atoms with van der Waals surface area (Å²) in [6.45, 7) is 2.78. The molecule has 176 valence electrons. The number of aryl methyl sites for hydroxylation is 1. The fourth-order valence-electron chi connectivity index (χ4n) is 6.78. The number of carboxylic acid groups (broad SMARTS) is 1. The van der Waals surface area contributed by atoms with Gasteiger partial charge in [-0.05, 0) is 48.8 Å². The van der Waals surface area contributed by atoms with E-state index in [1.807, 2.05) is 0 Å². The summed E-state index contributed by atoms with van der Waals surface area (Å²) in [6.07, 6.45) is 5.99. The molecule has 0 aromatic heterocycles. The summed E-state index contributed by atoms with van der Waals surface area (Å²) < 4.78 is 0.